The standard InChI is InChI=1S/C20H25ClN16O2/c21-14-16(32-34-25)29-15(31-33-24)13(28-14)17(38)30-19-36(26)9-20(37(19)27)5-7-35(8-6-20)18(39)12(23)10-3-1-2-4-11(10)22/h1-4,23H,5-9,22,26-27H2,(H4,24,25,29,31,32). The number of piperidine rings is 1. The monoisotopic (exact) mass is 556 g/mol. The third kappa shape index (κ3) is 5.15. The molecule has 0 saturated carbocycles. The number of hydrogen-bond acceptors (Lipinski definition) is 12. The number of aromatic nitrogens is 2. The van der Waals surface area contributed by atoms with Crippen molar-refractivity contribution in [3.63, 3.8) is 0 Å². The molecule has 2 aromatic rings. The minimum absolute atomic E-state index is 0.0520. The van der Waals surface area contributed by atoms with Crippen molar-refractivity contribution in [2.24, 2.45) is 49.0 Å². The summed E-state index contributed by atoms with van der Waals surface area (Å²) in [6.07, 6.45) is 0.787. The quantitative estimate of drug-likeness (QED) is 0.0929. The number of likely N-dealkylation sites (tertiary alicyclic amines) is 1. The number of para-hydroxylation sites is 1. The highest BCUT2D eigenvalue weighted by molar-refractivity contribution is 6.45. The van der Waals surface area contributed by atoms with Crippen LogP contribution in [0.25, 0.3) is 0 Å². The van der Waals surface area contributed by atoms with Crippen LogP contribution in [0.15, 0.2) is 49.9 Å². The molecule has 2 saturated heterocycles. The van der Waals surface area contributed by atoms with E-state index in [1.54, 1.807) is 29.2 Å². The third-order valence-electron chi connectivity index (χ3n) is 6.40. The van der Waals surface area contributed by atoms with Crippen molar-refractivity contribution in [1.82, 2.24) is 24.9 Å². The lowest BCUT2D eigenvalue weighted by Gasteiger charge is -2.42. The van der Waals surface area contributed by atoms with Crippen LogP contribution in [-0.2, 0) is 4.79 Å². The van der Waals surface area contributed by atoms with Crippen molar-refractivity contribution >= 4 is 52.4 Å². The van der Waals surface area contributed by atoms with Gasteiger partial charge in [-0.2, -0.15) is 4.99 Å². The van der Waals surface area contributed by atoms with Crippen molar-refractivity contribution < 1.29 is 9.59 Å². The molecule has 19 heteroatoms. The number of anilines is 1. The number of nitrogens with two attached hydrogens (primary N) is 5. The summed E-state index contributed by atoms with van der Waals surface area (Å²) in [4.78, 5) is 39.4. The van der Waals surface area contributed by atoms with E-state index >= 15 is 0 Å². The Balaban J connectivity index is 1.52. The minimum atomic E-state index is -0.928. The molecule has 0 unspecified atom stereocenters. The van der Waals surface area contributed by atoms with Gasteiger partial charge >= 0.3 is 5.91 Å². The molecule has 4 rings (SSSR count). The van der Waals surface area contributed by atoms with Crippen LogP contribution in [0.2, 0.25) is 5.15 Å². The lowest BCUT2D eigenvalue weighted by molar-refractivity contribution is -0.126. The number of carbonyl (C=O) groups is 2. The summed E-state index contributed by atoms with van der Waals surface area (Å²) < 4.78 is 0. The van der Waals surface area contributed by atoms with Crippen LogP contribution in [0.5, 0.6) is 0 Å². The largest absolute Gasteiger partial charge is 0.398 e. The van der Waals surface area contributed by atoms with Crippen molar-refractivity contribution in [1.29, 1.82) is 5.41 Å². The summed E-state index contributed by atoms with van der Waals surface area (Å²) in [5, 5.41) is 23.8. The number of carbonyl (C=O) groups excluding carboxylic acids is 2. The van der Waals surface area contributed by atoms with E-state index in [0.29, 0.717) is 24.1 Å². The van der Waals surface area contributed by atoms with E-state index in [2.05, 4.69) is 35.6 Å². The molecule has 0 atom stereocenters. The molecule has 1 aromatic heterocycles. The van der Waals surface area contributed by atoms with Crippen molar-refractivity contribution in [2.45, 2.75) is 18.4 Å². The average Bonchev–Trinajstić information content (AvgIpc) is 3.14. The Morgan fingerprint density at radius 1 is 1.03 bits per heavy atom. The molecule has 3 heterocycles. The highest BCUT2D eigenvalue weighted by atomic mass is 35.5. The van der Waals surface area contributed by atoms with Gasteiger partial charge in [0.25, 0.3) is 5.91 Å². The highest BCUT2D eigenvalue weighted by Gasteiger charge is 2.49. The van der Waals surface area contributed by atoms with E-state index in [1.165, 1.54) is 10.0 Å². The summed E-state index contributed by atoms with van der Waals surface area (Å²) in [6, 6.07) is 6.70. The Bertz CT molecular complexity index is 1400. The van der Waals surface area contributed by atoms with E-state index in [1.807, 2.05) is 0 Å². The minimum Gasteiger partial charge on any atom is -0.398 e. The predicted molar refractivity (Wildman–Crippen MR) is 139 cm³/mol. The number of halogens is 1. The molecule has 2 aliphatic rings. The molecule has 204 valence electrons. The fourth-order valence-corrected chi connectivity index (χ4v) is 4.55. The number of hydrazine groups is 2. The van der Waals surface area contributed by atoms with Crippen LogP contribution >= 0.6 is 11.6 Å². The van der Waals surface area contributed by atoms with E-state index < -0.39 is 17.4 Å². The molecule has 0 bridgehead atoms. The van der Waals surface area contributed by atoms with Gasteiger partial charge in [0.15, 0.2) is 10.8 Å². The van der Waals surface area contributed by atoms with Gasteiger partial charge in [-0.3, -0.25) is 25.0 Å². The summed E-state index contributed by atoms with van der Waals surface area (Å²) in [6.45, 7) is 0.796. The van der Waals surface area contributed by atoms with Gasteiger partial charge in [-0.25, -0.2) is 21.7 Å². The molecule has 2 aliphatic heterocycles. The molecule has 18 nitrogen and oxygen atoms in total. The summed E-state index contributed by atoms with van der Waals surface area (Å²) >= 11 is 6.01. The molecule has 1 aromatic carbocycles. The number of hydrogen-bond donors (Lipinski definition) is 6. The summed E-state index contributed by atoms with van der Waals surface area (Å²) in [7, 11) is 0. The van der Waals surface area contributed by atoms with Crippen molar-refractivity contribution in [3.8, 4) is 0 Å². The highest BCUT2D eigenvalue weighted by Crippen LogP contribution is 2.34. The number of aliphatic imine (C=N–C) groups is 1. The van der Waals surface area contributed by atoms with Gasteiger partial charge in [0.2, 0.25) is 17.6 Å². The molecular formula is C20H25ClN16O2. The first-order valence-corrected chi connectivity index (χ1v) is 11.7. The van der Waals surface area contributed by atoms with Crippen LogP contribution in [0.3, 0.4) is 0 Å². The zero-order valence-corrected chi connectivity index (χ0v) is 21.2. The Kier molecular flexibility index (Phi) is 7.61. The number of amides is 2. The average molecular weight is 557 g/mol. The Labute approximate surface area is 226 Å². The smallest absolute Gasteiger partial charge is 0.302 e. The van der Waals surface area contributed by atoms with Gasteiger partial charge in [0, 0.05) is 24.3 Å². The summed E-state index contributed by atoms with van der Waals surface area (Å²) in [5.41, 5.74) is 5.32. The van der Waals surface area contributed by atoms with Crippen LogP contribution in [0.4, 0.5) is 17.3 Å². The lowest BCUT2D eigenvalue weighted by Crippen LogP contribution is -2.58. The van der Waals surface area contributed by atoms with Crippen LogP contribution in [-0.4, -0.2) is 73.5 Å². The first-order chi connectivity index (χ1) is 18.6. The number of nitrogens with zero attached hydrogens (tertiary/aromatic N) is 10. The van der Waals surface area contributed by atoms with E-state index in [9.17, 15) is 9.59 Å². The first-order valence-electron chi connectivity index (χ1n) is 11.3. The first kappa shape index (κ1) is 27.2. The Morgan fingerprint density at radius 3 is 2.31 bits per heavy atom. The fourth-order valence-electron chi connectivity index (χ4n) is 4.38. The topological polar surface area (TPSA) is 285 Å². The molecule has 2 fully saturated rings. The molecule has 0 radical (unpaired) electrons. The molecule has 2 amide bonds. The fraction of sp³-hybridized carbons (Fsp3) is 0.300. The number of guanidine groups is 1. The predicted octanol–water partition coefficient (Wildman–Crippen LogP) is -0.0825. The zero-order valence-electron chi connectivity index (χ0n) is 20.4. The number of nitrogen functional groups attached to an aromatic ring is 1. The zero-order chi connectivity index (χ0) is 28.3. The van der Waals surface area contributed by atoms with E-state index in [0.717, 1.165) is 0 Å². The van der Waals surface area contributed by atoms with Crippen LogP contribution < -0.4 is 29.1 Å². The lowest BCUT2D eigenvalue weighted by atomic mass is 9.87. The Morgan fingerprint density at radius 2 is 1.67 bits per heavy atom. The third-order valence-corrected chi connectivity index (χ3v) is 6.65. The van der Waals surface area contributed by atoms with Gasteiger partial charge in [0.1, 0.15) is 5.71 Å². The SMILES string of the molecule is N=C(C(=O)N1CCC2(CC1)CN(N)C(=NC(=O)c1nc(Cl)c(N=NN)nc1N=NN)N2N)c1ccccc1N. The van der Waals surface area contributed by atoms with Crippen molar-refractivity contribution in [3.05, 3.63) is 40.7 Å². The van der Waals surface area contributed by atoms with Crippen LogP contribution in [0, 0.1) is 5.41 Å². The maximum atomic E-state index is 13.0. The molecular weight excluding hydrogens is 532 g/mol. The van der Waals surface area contributed by atoms with Crippen LogP contribution in [0.1, 0.15) is 28.9 Å². The number of nitrogens with one attached hydrogen (secondary N) is 1. The maximum absolute atomic E-state index is 13.0. The molecule has 39 heavy (non-hydrogen) atoms. The maximum Gasteiger partial charge on any atom is 0.302 e. The number of rotatable bonds is 5. The molecule has 1 spiro atoms. The van der Waals surface area contributed by atoms with E-state index in [4.69, 9.17) is 46.1 Å². The van der Waals surface area contributed by atoms with Gasteiger partial charge < -0.3 is 22.3 Å². The van der Waals surface area contributed by atoms with E-state index in [-0.39, 0.29) is 53.8 Å². The second kappa shape index (κ2) is 10.9. The van der Waals surface area contributed by atoms with Gasteiger partial charge in [-0.15, -0.1) is 10.2 Å². The second-order valence-electron chi connectivity index (χ2n) is 8.63. The van der Waals surface area contributed by atoms with Gasteiger partial charge in [-0.1, -0.05) is 40.2 Å². The normalized spacial score (nSPS) is 18.1. The molecule has 0 aliphatic carbocycles. The summed E-state index contributed by atoms with van der Waals surface area (Å²) in [5.74, 6) is 20.7. The van der Waals surface area contributed by atoms with Gasteiger partial charge in [0.05, 0.1) is 12.1 Å². The van der Waals surface area contributed by atoms with Crippen molar-refractivity contribution in [2.75, 3.05) is 25.4 Å². The number of benzene rings is 1. The Hall–Kier alpha value is -4.81. The second-order valence-corrected chi connectivity index (χ2v) is 8.99. The molecule has 11 N–H and O–H groups in total. The van der Waals surface area contributed by atoms with Gasteiger partial charge in [-0.05, 0) is 18.9 Å².